The molecule has 3 aromatic rings. The Morgan fingerprint density at radius 3 is 2.62 bits per heavy atom. The van der Waals surface area contributed by atoms with Gasteiger partial charge in [0, 0.05) is 10.9 Å². The lowest BCUT2D eigenvalue weighted by molar-refractivity contribution is 0.478. The molecule has 4 nitrogen and oxygen atoms in total. The number of rotatable bonds is 2. The van der Waals surface area contributed by atoms with E-state index in [0.717, 1.165) is 11.3 Å². The van der Waals surface area contributed by atoms with Gasteiger partial charge >= 0.3 is 0 Å². The van der Waals surface area contributed by atoms with Crippen LogP contribution in [0.15, 0.2) is 47.4 Å². The van der Waals surface area contributed by atoms with Gasteiger partial charge in [0.25, 0.3) is 5.56 Å². The lowest BCUT2D eigenvalue weighted by Crippen LogP contribution is -2.24. The third kappa shape index (κ3) is 2.29. The molecule has 0 unspecified atom stereocenters. The molecular formula is C17H16N2O2. The minimum absolute atomic E-state index is 0.0538. The fourth-order valence-electron chi connectivity index (χ4n) is 2.60. The van der Waals surface area contributed by atoms with Crippen LogP contribution in [-0.2, 0) is 6.54 Å². The number of nitrogens with zero attached hydrogens (tertiary/aromatic N) is 2. The number of hydrogen-bond acceptors (Lipinski definition) is 3. The maximum Gasteiger partial charge on any atom is 0.254 e. The first-order valence-corrected chi connectivity index (χ1v) is 6.80. The summed E-state index contributed by atoms with van der Waals surface area (Å²) in [5, 5.41) is 10.7. The number of aromatic nitrogens is 2. The van der Waals surface area contributed by atoms with E-state index in [1.165, 1.54) is 6.20 Å². The van der Waals surface area contributed by atoms with Crippen molar-refractivity contribution >= 4 is 10.9 Å². The third-order valence-corrected chi connectivity index (χ3v) is 3.65. The van der Waals surface area contributed by atoms with Gasteiger partial charge in [-0.1, -0.05) is 30.3 Å². The molecule has 21 heavy (non-hydrogen) atoms. The van der Waals surface area contributed by atoms with Crippen LogP contribution < -0.4 is 5.56 Å². The molecule has 3 rings (SSSR count). The van der Waals surface area contributed by atoms with Crippen LogP contribution in [0.1, 0.15) is 16.8 Å². The summed E-state index contributed by atoms with van der Waals surface area (Å²) in [6.07, 6.45) is 1.43. The van der Waals surface area contributed by atoms with Crippen LogP contribution in [0.25, 0.3) is 10.9 Å². The summed E-state index contributed by atoms with van der Waals surface area (Å²) in [7, 11) is 0. The Morgan fingerprint density at radius 1 is 1.19 bits per heavy atom. The van der Waals surface area contributed by atoms with Crippen LogP contribution in [0.3, 0.4) is 0 Å². The Kier molecular flexibility index (Phi) is 3.22. The molecule has 0 radical (unpaired) electrons. The van der Waals surface area contributed by atoms with Crippen LogP contribution in [0, 0.1) is 13.8 Å². The van der Waals surface area contributed by atoms with E-state index in [2.05, 4.69) is 4.98 Å². The van der Waals surface area contributed by atoms with Crippen molar-refractivity contribution in [3.63, 3.8) is 0 Å². The minimum atomic E-state index is -0.0538. The van der Waals surface area contributed by atoms with E-state index in [1.807, 2.05) is 37.3 Å². The first kappa shape index (κ1) is 13.4. The predicted molar refractivity (Wildman–Crippen MR) is 82.7 cm³/mol. The number of hydrogen-bond donors (Lipinski definition) is 1. The predicted octanol–water partition coefficient (Wildman–Crippen LogP) is 2.77. The van der Waals surface area contributed by atoms with Crippen LogP contribution in [0.5, 0.6) is 5.75 Å². The average molecular weight is 280 g/mol. The normalized spacial score (nSPS) is 11.0. The monoisotopic (exact) mass is 280 g/mol. The lowest BCUT2D eigenvalue weighted by atomic mass is 10.1. The van der Waals surface area contributed by atoms with Crippen molar-refractivity contribution in [2.75, 3.05) is 0 Å². The van der Waals surface area contributed by atoms with E-state index >= 15 is 0 Å². The van der Waals surface area contributed by atoms with E-state index in [1.54, 1.807) is 17.6 Å². The Morgan fingerprint density at radius 2 is 1.90 bits per heavy atom. The molecule has 106 valence electrons. The Bertz CT molecular complexity index is 867. The van der Waals surface area contributed by atoms with E-state index in [9.17, 15) is 9.90 Å². The summed E-state index contributed by atoms with van der Waals surface area (Å²) in [6.45, 7) is 4.07. The highest BCUT2D eigenvalue weighted by Gasteiger charge is 2.13. The molecule has 0 aliphatic rings. The first-order valence-electron chi connectivity index (χ1n) is 6.80. The van der Waals surface area contributed by atoms with Gasteiger partial charge in [0.2, 0.25) is 0 Å². The van der Waals surface area contributed by atoms with Crippen molar-refractivity contribution in [3.05, 3.63) is 69.8 Å². The Hall–Kier alpha value is -2.62. The maximum atomic E-state index is 12.5. The molecular weight excluding hydrogens is 264 g/mol. The molecule has 0 spiro atoms. The summed E-state index contributed by atoms with van der Waals surface area (Å²) >= 11 is 0. The third-order valence-electron chi connectivity index (χ3n) is 3.65. The summed E-state index contributed by atoms with van der Waals surface area (Å²) in [5.74, 6) is 0.0977. The molecule has 0 bridgehead atoms. The maximum absolute atomic E-state index is 12.5. The average Bonchev–Trinajstić information content (AvgIpc) is 2.49. The zero-order valence-corrected chi connectivity index (χ0v) is 12.0. The van der Waals surface area contributed by atoms with Gasteiger partial charge < -0.3 is 9.67 Å². The molecule has 0 fully saturated rings. The lowest BCUT2D eigenvalue weighted by Gasteiger charge is -2.14. The molecule has 0 atom stereocenters. The van der Waals surface area contributed by atoms with E-state index in [-0.39, 0.29) is 11.3 Å². The molecule has 0 saturated heterocycles. The molecule has 2 heterocycles. The van der Waals surface area contributed by atoms with Crippen LogP contribution in [-0.4, -0.2) is 14.7 Å². The highest BCUT2D eigenvalue weighted by molar-refractivity contribution is 5.87. The second-order valence-corrected chi connectivity index (χ2v) is 5.20. The summed E-state index contributed by atoms with van der Waals surface area (Å²) in [6, 6.07) is 11.5. The fourth-order valence-corrected chi connectivity index (χ4v) is 2.60. The van der Waals surface area contributed by atoms with Crippen molar-refractivity contribution in [1.29, 1.82) is 0 Å². The first-order chi connectivity index (χ1) is 10.1. The standard InChI is InChI=1S/C17H16N2O2/c1-11-8-14-15(20)9-18-12(2)16(14)19(17(11)21)10-13-6-4-3-5-7-13/h3-9,20H,10H2,1-2H3. The summed E-state index contributed by atoms with van der Waals surface area (Å²) in [5.41, 5.74) is 3.01. The zero-order chi connectivity index (χ0) is 15.0. The summed E-state index contributed by atoms with van der Waals surface area (Å²) < 4.78 is 1.68. The smallest absolute Gasteiger partial charge is 0.254 e. The summed E-state index contributed by atoms with van der Waals surface area (Å²) in [4.78, 5) is 16.7. The fraction of sp³-hybridized carbons (Fsp3) is 0.176. The van der Waals surface area contributed by atoms with Crippen LogP contribution >= 0.6 is 0 Å². The van der Waals surface area contributed by atoms with E-state index in [0.29, 0.717) is 23.0 Å². The molecule has 4 heteroatoms. The molecule has 0 aliphatic heterocycles. The second kappa shape index (κ2) is 5.05. The molecule has 1 N–H and O–H groups in total. The molecule has 0 saturated carbocycles. The molecule has 0 amide bonds. The molecule has 1 aromatic carbocycles. The Labute approximate surface area is 122 Å². The highest BCUT2D eigenvalue weighted by Crippen LogP contribution is 2.25. The van der Waals surface area contributed by atoms with Gasteiger partial charge in [-0.2, -0.15) is 0 Å². The minimum Gasteiger partial charge on any atom is -0.506 e. The second-order valence-electron chi connectivity index (χ2n) is 5.20. The van der Waals surface area contributed by atoms with E-state index < -0.39 is 0 Å². The van der Waals surface area contributed by atoms with Gasteiger partial charge in [-0.05, 0) is 25.5 Å². The quantitative estimate of drug-likeness (QED) is 0.785. The van der Waals surface area contributed by atoms with Crippen molar-refractivity contribution < 1.29 is 5.11 Å². The Balaban J connectivity index is 2.32. The van der Waals surface area contributed by atoms with Crippen molar-refractivity contribution in [1.82, 2.24) is 9.55 Å². The van der Waals surface area contributed by atoms with Gasteiger partial charge in [0.1, 0.15) is 5.75 Å². The number of benzene rings is 1. The van der Waals surface area contributed by atoms with Crippen molar-refractivity contribution in [2.45, 2.75) is 20.4 Å². The van der Waals surface area contributed by atoms with E-state index in [4.69, 9.17) is 0 Å². The van der Waals surface area contributed by atoms with Crippen LogP contribution in [0.2, 0.25) is 0 Å². The zero-order valence-electron chi connectivity index (χ0n) is 12.0. The largest absolute Gasteiger partial charge is 0.506 e. The molecule has 0 aliphatic carbocycles. The van der Waals surface area contributed by atoms with Gasteiger partial charge in [0.05, 0.1) is 24.0 Å². The van der Waals surface area contributed by atoms with Gasteiger partial charge in [0.15, 0.2) is 0 Å². The van der Waals surface area contributed by atoms with Gasteiger partial charge in [-0.25, -0.2) is 0 Å². The van der Waals surface area contributed by atoms with Crippen LogP contribution in [0.4, 0.5) is 0 Å². The highest BCUT2D eigenvalue weighted by atomic mass is 16.3. The number of pyridine rings is 2. The SMILES string of the molecule is Cc1cc2c(O)cnc(C)c2n(Cc2ccccc2)c1=O. The van der Waals surface area contributed by atoms with Gasteiger partial charge in [-0.15, -0.1) is 0 Å². The number of aromatic hydroxyl groups is 1. The van der Waals surface area contributed by atoms with Gasteiger partial charge in [-0.3, -0.25) is 9.78 Å². The van der Waals surface area contributed by atoms with Crippen molar-refractivity contribution in [2.24, 2.45) is 0 Å². The number of fused-ring (bicyclic) bond motifs is 1. The van der Waals surface area contributed by atoms with Crippen molar-refractivity contribution in [3.8, 4) is 5.75 Å². The topological polar surface area (TPSA) is 55.1 Å². The molecule has 2 aromatic heterocycles. The number of aryl methyl sites for hydroxylation is 2.